The van der Waals surface area contributed by atoms with Gasteiger partial charge in [0, 0.05) is 11.5 Å². The molecule has 0 N–H and O–H groups in total. The number of fused-ring (bicyclic) bond motifs is 3. The molecule has 126 valence electrons. The van der Waals surface area contributed by atoms with Gasteiger partial charge >= 0.3 is 0 Å². The zero-order valence-corrected chi connectivity index (χ0v) is 14.6. The van der Waals surface area contributed by atoms with Gasteiger partial charge in [-0.1, -0.05) is 19.1 Å². The molecule has 0 fully saturated rings. The van der Waals surface area contributed by atoms with Crippen LogP contribution in [0.1, 0.15) is 23.9 Å². The Hall–Kier alpha value is -2.53. The topological polar surface area (TPSA) is 35.0 Å². The van der Waals surface area contributed by atoms with Crippen molar-refractivity contribution in [2.45, 2.75) is 26.4 Å². The molecule has 2 aromatic carbocycles. The lowest BCUT2D eigenvalue weighted by Gasteiger charge is -2.07. The van der Waals surface area contributed by atoms with Crippen molar-refractivity contribution >= 4 is 32.5 Å². The maximum absolute atomic E-state index is 12.9. The van der Waals surface area contributed by atoms with Crippen molar-refractivity contribution < 1.29 is 9.13 Å². The molecule has 3 nitrogen and oxygen atoms in total. The number of thiazole rings is 1. The van der Waals surface area contributed by atoms with Crippen LogP contribution >= 0.6 is 11.3 Å². The number of hydrogen-bond donors (Lipinski definition) is 0. The first-order valence-corrected chi connectivity index (χ1v) is 9.10. The van der Waals surface area contributed by atoms with E-state index in [0.29, 0.717) is 6.61 Å². The van der Waals surface area contributed by atoms with Gasteiger partial charge in [-0.2, -0.15) is 0 Å². The van der Waals surface area contributed by atoms with Crippen LogP contribution in [0.5, 0.6) is 5.75 Å². The number of pyridine rings is 1. The van der Waals surface area contributed by atoms with Crippen molar-refractivity contribution in [1.82, 2.24) is 9.97 Å². The van der Waals surface area contributed by atoms with Crippen molar-refractivity contribution in [1.29, 1.82) is 0 Å². The number of ether oxygens (including phenoxy) is 1. The van der Waals surface area contributed by atoms with E-state index in [9.17, 15) is 4.39 Å². The third-order valence-electron chi connectivity index (χ3n) is 4.02. The fraction of sp³-hybridized carbons (Fsp3) is 0.200. The Labute approximate surface area is 149 Å². The quantitative estimate of drug-likeness (QED) is 0.475. The van der Waals surface area contributed by atoms with Crippen LogP contribution in [0.2, 0.25) is 0 Å². The standard InChI is InChI=1S/C20H17FN2OS/c1-2-3-19-23-18-11-22-17-10-15(8-9-16(17)20(18)25-19)24-12-13-4-6-14(21)7-5-13/h4-11H,2-3,12H2,1H3. The Morgan fingerprint density at radius 3 is 2.72 bits per heavy atom. The highest BCUT2D eigenvalue weighted by atomic mass is 32.1. The van der Waals surface area contributed by atoms with Gasteiger partial charge in [0.05, 0.1) is 21.4 Å². The van der Waals surface area contributed by atoms with Crippen LogP contribution in [0.4, 0.5) is 4.39 Å². The third-order valence-corrected chi connectivity index (χ3v) is 5.18. The molecule has 0 saturated carbocycles. The van der Waals surface area contributed by atoms with Gasteiger partial charge in [-0.15, -0.1) is 11.3 Å². The number of benzene rings is 2. The third kappa shape index (κ3) is 3.33. The van der Waals surface area contributed by atoms with E-state index in [-0.39, 0.29) is 5.82 Å². The van der Waals surface area contributed by atoms with Gasteiger partial charge in [-0.25, -0.2) is 9.37 Å². The van der Waals surface area contributed by atoms with Crippen LogP contribution in [0.15, 0.2) is 48.7 Å². The SMILES string of the molecule is CCCc1nc2cnc3cc(OCc4ccc(F)cc4)ccc3c2s1. The summed E-state index contributed by atoms with van der Waals surface area (Å²) in [5.74, 6) is 0.511. The van der Waals surface area contributed by atoms with Gasteiger partial charge in [0.2, 0.25) is 0 Å². The Morgan fingerprint density at radius 2 is 1.92 bits per heavy atom. The predicted molar refractivity (Wildman–Crippen MR) is 99.6 cm³/mol. The van der Waals surface area contributed by atoms with E-state index in [4.69, 9.17) is 4.74 Å². The zero-order chi connectivity index (χ0) is 17.2. The first-order chi connectivity index (χ1) is 12.2. The summed E-state index contributed by atoms with van der Waals surface area (Å²) in [6, 6.07) is 12.3. The van der Waals surface area contributed by atoms with Crippen molar-refractivity contribution in [3.8, 4) is 5.75 Å². The summed E-state index contributed by atoms with van der Waals surface area (Å²) in [5, 5.41) is 2.26. The van der Waals surface area contributed by atoms with Gasteiger partial charge in [-0.05, 0) is 42.7 Å². The highest BCUT2D eigenvalue weighted by Gasteiger charge is 2.09. The Bertz CT molecular complexity index is 1030. The van der Waals surface area contributed by atoms with Crippen molar-refractivity contribution in [3.05, 3.63) is 65.0 Å². The number of nitrogens with zero attached hydrogens (tertiary/aromatic N) is 2. The number of hydrogen-bond acceptors (Lipinski definition) is 4. The lowest BCUT2D eigenvalue weighted by Crippen LogP contribution is -1.95. The zero-order valence-electron chi connectivity index (χ0n) is 13.8. The van der Waals surface area contributed by atoms with Crippen LogP contribution in [-0.2, 0) is 13.0 Å². The molecular formula is C20H17FN2OS. The second kappa shape index (κ2) is 6.76. The minimum absolute atomic E-state index is 0.241. The molecule has 0 unspecified atom stereocenters. The molecular weight excluding hydrogens is 335 g/mol. The molecule has 0 saturated heterocycles. The van der Waals surface area contributed by atoms with E-state index in [1.54, 1.807) is 23.5 Å². The molecule has 0 atom stereocenters. The molecule has 0 amide bonds. The normalized spacial score (nSPS) is 11.3. The van der Waals surface area contributed by atoms with E-state index >= 15 is 0 Å². The van der Waals surface area contributed by atoms with Crippen LogP contribution in [0.25, 0.3) is 21.1 Å². The van der Waals surface area contributed by atoms with Crippen LogP contribution in [-0.4, -0.2) is 9.97 Å². The number of halogens is 1. The summed E-state index contributed by atoms with van der Waals surface area (Å²) in [6.07, 6.45) is 3.92. The fourth-order valence-electron chi connectivity index (χ4n) is 2.76. The lowest BCUT2D eigenvalue weighted by molar-refractivity contribution is 0.306. The molecule has 0 spiro atoms. The van der Waals surface area contributed by atoms with Gasteiger partial charge in [0.25, 0.3) is 0 Å². The van der Waals surface area contributed by atoms with Crippen LogP contribution in [0.3, 0.4) is 0 Å². The summed E-state index contributed by atoms with van der Waals surface area (Å²) < 4.78 is 19.9. The van der Waals surface area contributed by atoms with Gasteiger partial charge in [-0.3, -0.25) is 4.98 Å². The second-order valence-electron chi connectivity index (χ2n) is 5.92. The van der Waals surface area contributed by atoms with E-state index < -0.39 is 0 Å². The maximum Gasteiger partial charge on any atom is 0.123 e. The molecule has 0 aliphatic carbocycles. The summed E-state index contributed by atoms with van der Waals surface area (Å²) in [4.78, 5) is 9.18. The lowest BCUT2D eigenvalue weighted by atomic mass is 10.2. The monoisotopic (exact) mass is 352 g/mol. The number of aromatic nitrogens is 2. The van der Waals surface area contributed by atoms with E-state index in [0.717, 1.165) is 45.6 Å². The van der Waals surface area contributed by atoms with Crippen molar-refractivity contribution in [2.24, 2.45) is 0 Å². The molecule has 0 radical (unpaired) electrons. The van der Waals surface area contributed by atoms with E-state index in [1.807, 2.05) is 24.4 Å². The molecule has 2 aromatic heterocycles. The van der Waals surface area contributed by atoms with E-state index in [2.05, 4.69) is 16.9 Å². The molecule has 0 bridgehead atoms. The van der Waals surface area contributed by atoms with Crippen LogP contribution < -0.4 is 4.74 Å². The Morgan fingerprint density at radius 1 is 1.08 bits per heavy atom. The molecule has 4 aromatic rings. The molecule has 2 heterocycles. The summed E-state index contributed by atoms with van der Waals surface area (Å²) in [6.45, 7) is 2.56. The molecule has 0 aliphatic rings. The highest BCUT2D eigenvalue weighted by molar-refractivity contribution is 7.19. The Kier molecular flexibility index (Phi) is 4.32. The largest absolute Gasteiger partial charge is 0.489 e. The van der Waals surface area contributed by atoms with Crippen LogP contribution in [0, 0.1) is 5.82 Å². The first kappa shape index (κ1) is 16.0. The molecule has 5 heteroatoms. The van der Waals surface area contributed by atoms with Gasteiger partial charge < -0.3 is 4.74 Å². The second-order valence-corrected chi connectivity index (χ2v) is 7.01. The molecule has 4 rings (SSSR count). The fourth-order valence-corrected chi connectivity index (χ4v) is 3.93. The summed E-state index contributed by atoms with van der Waals surface area (Å²) in [7, 11) is 0. The highest BCUT2D eigenvalue weighted by Crippen LogP contribution is 2.31. The number of rotatable bonds is 5. The van der Waals surface area contributed by atoms with Gasteiger partial charge in [0.1, 0.15) is 23.7 Å². The summed E-state index contributed by atoms with van der Waals surface area (Å²) >= 11 is 1.74. The van der Waals surface area contributed by atoms with Gasteiger partial charge in [0.15, 0.2) is 0 Å². The van der Waals surface area contributed by atoms with Crippen molar-refractivity contribution in [2.75, 3.05) is 0 Å². The average Bonchev–Trinajstić information content (AvgIpc) is 3.04. The first-order valence-electron chi connectivity index (χ1n) is 8.28. The Balaban J connectivity index is 1.61. The van der Waals surface area contributed by atoms with Crippen molar-refractivity contribution in [3.63, 3.8) is 0 Å². The maximum atomic E-state index is 12.9. The van der Waals surface area contributed by atoms with E-state index in [1.165, 1.54) is 16.8 Å². The molecule has 25 heavy (non-hydrogen) atoms. The molecule has 0 aliphatic heterocycles. The smallest absolute Gasteiger partial charge is 0.123 e. The minimum Gasteiger partial charge on any atom is -0.489 e. The summed E-state index contributed by atoms with van der Waals surface area (Å²) in [5.41, 5.74) is 2.79. The minimum atomic E-state index is -0.241. The number of aryl methyl sites for hydroxylation is 1. The average molecular weight is 352 g/mol. The predicted octanol–water partition coefficient (Wildman–Crippen LogP) is 5.52.